The number of carbonyl (C=O) groups is 1. The van der Waals surface area contributed by atoms with E-state index in [1.807, 2.05) is 6.92 Å². The maximum absolute atomic E-state index is 15.3. The lowest BCUT2D eigenvalue weighted by Crippen LogP contribution is -2.43. The molecule has 0 atom stereocenters. The van der Waals surface area contributed by atoms with Crippen LogP contribution in [0.3, 0.4) is 0 Å². The van der Waals surface area contributed by atoms with Gasteiger partial charge < -0.3 is 19.9 Å². The molecule has 190 valence electrons. The predicted molar refractivity (Wildman–Crippen MR) is 131 cm³/mol. The number of aryl methyl sites for hydroxylation is 1. The molecule has 1 saturated heterocycles. The fourth-order valence-corrected chi connectivity index (χ4v) is 4.37. The van der Waals surface area contributed by atoms with Crippen LogP contribution in [-0.4, -0.2) is 45.5 Å². The molecule has 2 aromatic rings. The first-order chi connectivity index (χ1) is 16.4. The second kappa shape index (κ2) is 10.4. The van der Waals surface area contributed by atoms with E-state index < -0.39 is 36.6 Å². The first-order valence-corrected chi connectivity index (χ1v) is 11.7. The Morgan fingerprint density at radius 3 is 2.54 bits per heavy atom. The lowest BCUT2D eigenvalue weighted by molar-refractivity contribution is -0.0495. The Kier molecular flexibility index (Phi) is 7.89. The molecule has 1 aromatic heterocycles. The Balaban J connectivity index is 2.13. The van der Waals surface area contributed by atoms with Gasteiger partial charge >= 0.3 is 0 Å². The number of rotatable bonds is 7. The number of benzene rings is 1. The number of amides is 1. The van der Waals surface area contributed by atoms with Crippen LogP contribution in [0.2, 0.25) is 5.02 Å². The van der Waals surface area contributed by atoms with Crippen molar-refractivity contribution < 1.29 is 22.7 Å². The zero-order chi connectivity index (χ0) is 26.1. The molecule has 2 heterocycles. The number of aromatic nitrogens is 2. The van der Waals surface area contributed by atoms with Gasteiger partial charge in [-0.25, -0.2) is 18.2 Å². The largest absolute Gasteiger partial charge is 0.490 e. The van der Waals surface area contributed by atoms with Crippen LogP contribution in [0, 0.1) is 12.7 Å². The van der Waals surface area contributed by atoms with E-state index >= 15 is 4.39 Å². The van der Waals surface area contributed by atoms with Crippen LogP contribution in [0.15, 0.2) is 18.7 Å². The second-order valence-corrected chi connectivity index (χ2v) is 9.27. The van der Waals surface area contributed by atoms with Crippen molar-refractivity contribution in [1.82, 2.24) is 14.5 Å². The Morgan fingerprint density at radius 1 is 1.37 bits per heavy atom. The number of ether oxygens (including phenoxy) is 1. The molecule has 0 unspecified atom stereocenters. The first-order valence-electron chi connectivity index (χ1n) is 11.4. The molecule has 1 aliphatic rings. The highest BCUT2D eigenvalue weighted by molar-refractivity contribution is 6.31. The number of nitrogens with two attached hydrogens (primary N) is 1. The minimum Gasteiger partial charge on any atom is -0.490 e. The topological polar surface area (TPSA) is 73.4 Å². The van der Waals surface area contributed by atoms with Crippen LogP contribution in [-0.2, 0) is 6.42 Å². The summed E-state index contributed by atoms with van der Waals surface area (Å²) in [5.74, 6) is -3.96. The first kappa shape index (κ1) is 26.7. The molecule has 0 bridgehead atoms. The summed E-state index contributed by atoms with van der Waals surface area (Å²) in [5, 5.41) is -0.272. The molecule has 0 saturated carbocycles. The average molecular weight is 511 g/mol. The van der Waals surface area contributed by atoms with Crippen LogP contribution in [0.4, 0.5) is 13.2 Å². The Bertz CT molecular complexity index is 1160. The number of hydrogen-bond donors (Lipinski definition) is 1. The van der Waals surface area contributed by atoms with Gasteiger partial charge in [-0.3, -0.25) is 4.79 Å². The van der Waals surface area contributed by atoms with Crippen molar-refractivity contribution >= 4 is 29.4 Å². The molecule has 0 aliphatic carbocycles. The Morgan fingerprint density at radius 2 is 2.00 bits per heavy atom. The number of nitrogens with zero attached hydrogens (tertiary/aromatic N) is 3. The third-order valence-electron chi connectivity index (χ3n) is 5.71. The molecule has 2 N–H and O–H groups in total. The highest BCUT2D eigenvalue weighted by atomic mass is 35.5. The molecular formula is C25H30ClF3N4O2. The summed E-state index contributed by atoms with van der Waals surface area (Å²) in [4.78, 5) is 19.2. The van der Waals surface area contributed by atoms with Gasteiger partial charge in [0.1, 0.15) is 17.1 Å². The number of likely N-dealkylation sites (tertiary alicyclic amines) is 1. The Hall–Kier alpha value is -2.94. The van der Waals surface area contributed by atoms with E-state index in [0.717, 1.165) is 0 Å². The molecule has 1 amide bonds. The van der Waals surface area contributed by atoms with E-state index in [2.05, 4.69) is 11.6 Å². The van der Waals surface area contributed by atoms with E-state index in [1.165, 1.54) is 11.0 Å². The van der Waals surface area contributed by atoms with Crippen LogP contribution in [0.5, 0.6) is 5.75 Å². The highest BCUT2D eigenvalue weighted by Gasteiger charge is 2.38. The average Bonchev–Trinajstić information content (AvgIpc) is 3.06. The summed E-state index contributed by atoms with van der Waals surface area (Å²) < 4.78 is 50.3. The molecule has 35 heavy (non-hydrogen) atoms. The van der Waals surface area contributed by atoms with Crippen molar-refractivity contribution in [3.8, 4) is 5.75 Å². The van der Waals surface area contributed by atoms with Crippen molar-refractivity contribution in [1.29, 1.82) is 0 Å². The van der Waals surface area contributed by atoms with E-state index in [0.29, 0.717) is 28.5 Å². The fourth-order valence-electron chi connectivity index (χ4n) is 4.14. The van der Waals surface area contributed by atoms with Crippen molar-refractivity contribution in [3.63, 3.8) is 0 Å². The second-order valence-electron chi connectivity index (χ2n) is 8.87. The van der Waals surface area contributed by atoms with Gasteiger partial charge in [0.2, 0.25) is 0 Å². The predicted octanol–water partition coefficient (Wildman–Crippen LogP) is 5.65. The van der Waals surface area contributed by atoms with Gasteiger partial charge in [0.15, 0.2) is 5.82 Å². The van der Waals surface area contributed by atoms with Gasteiger partial charge in [0, 0.05) is 44.1 Å². The summed E-state index contributed by atoms with van der Waals surface area (Å²) >= 11 is 6.21. The lowest BCUT2D eigenvalue weighted by atomic mass is 10.0. The summed E-state index contributed by atoms with van der Waals surface area (Å²) in [6.07, 6.45) is 2.35. The quantitative estimate of drug-likeness (QED) is 0.522. The molecule has 0 spiro atoms. The molecular weight excluding hydrogens is 481 g/mol. The summed E-state index contributed by atoms with van der Waals surface area (Å²) in [7, 11) is 0. The summed E-state index contributed by atoms with van der Waals surface area (Å²) in [6, 6.07) is 1.40. The van der Waals surface area contributed by atoms with Gasteiger partial charge in [0.05, 0.1) is 28.2 Å². The summed E-state index contributed by atoms with van der Waals surface area (Å²) in [5.41, 5.74) is 7.64. The molecule has 1 aliphatic heterocycles. The smallest absolute Gasteiger partial charge is 0.260 e. The lowest BCUT2D eigenvalue weighted by Gasteiger charge is -2.32. The van der Waals surface area contributed by atoms with E-state index in [1.54, 1.807) is 37.6 Å². The van der Waals surface area contributed by atoms with Crippen LogP contribution in [0.25, 0.3) is 11.9 Å². The zero-order valence-corrected chi connectivity index (χ0v) is 21.1. The standard InChI is InChI=1S/C25H30ClF3N4O2/c1-6-9-33-19(31-16(5)22(33)15(4)30)13-17-12-18(26)21(27)20(23(17)35-14(2)3)24(34)32-10-7-25(28,29)8-11-32/h6,9,12,14H,4,7-8,10-11,13,30H2,1-3,5H3/b9-6-. The van der Waals surface area contributed by atoms with Crippen molar-refractivity contribution in [2.75, 3.05) is 13.1 Å². The van der Waals surface area contributed by atoms with Gasteiger partial charge in [-0.15, -0.1) is 0 Å². The van der Waals surface area contributed by atoms with Crippen molar-refractivity contribution in [2.45, 2.75) is 59.0 Å². The highest BCUT2D eigenvalue weighted by Crippen LogP contribution is 2.37. The number of hydrogen-bond acceptors (Lipinski definition) is 4. The third kappa shape index (κ3) is 5.66. The molecule has 10 heteroatoms. The molecule has 6 nitrogen and oxygen atoms in total. The number of imidazole rings is 1. The zero-order valence-electron chi connectivity index (χ0n) is 20.3. The van der Waals surface area contributed by atoms with Gasteiger partial charge in [-0.1, -0.05) is 24.3 Å². The van der Waals surface area contributed by atoms with E-state index in [-0.39, 0.29) is 35.8 Å². The minimum atomic E-state index is -2.85. The maximum atomic E-state index is 15.3. The van der Waals surface area contributed by atoms with Crippen LogP contribution in [0.1, 0.15) is 66.7 Å². The van der Waals surface area contributed by atoms with E-state index in [4.69, 9.17) is 22.1 Å². The van der Waals surface area contributed by atoms with Gasteiger partial charge in [0.25, 0.3) is 11.8 Å². The molecule has 3 rings (SSSR count). The summed E-state index contributed by atoms with van der Waals surface area (Å²) in [6.45, 7) is 10.5. The number of halogens is 4. The Labute approximate surface area is 208 Å². The number of allylic oxidation sites excluding steroid dienone is 1. The van der Waals surface area contributed by atoms with E-state index in [9.17, 15) is 13.6 Å². The van der Waals surface area contributed by atoms with Crippen molar-refractivity contribution in [2.24, 2.45) is 5.73 Å². The maximum Gasteiger partial charge on any atom is 0.260 e. The minimum absolute atomic E-state index is 0.0186. The number of alkyl halides is 2. The number of carbonyl (C=O) groups excluding carboxylic acids is 1. The molecule has 1 aromatic carbocycles. The number of piperidine rings is 1. The van der Waals surface area contributed by atoms with Crippen LogP contribution < -0.4 is 10.5 Å². The fraction of sp³-hybridized carbons (Fsp3) is 0.440. The third-order valence-corrected chi connectivity index (χ3v) is 5.98. The van der Waals surface area contributed by atoms with Gasteiger partial charge in [-0.05, 0) is 33.8 Å². The van der Waals surface area contributed by atoms with Gasteiger partial charge in [-0.2, -0.15) is 0 Å². The molecule has 1 fully saturated rings. The SMILES string of the molecule is C=C(N)c1c(C)nc(Cc2cc(Cl)c(F)c(C(=O)N3CCC(F)(F)CC3)c2OC(C)C)n1/C=C\C. The monoisotopic (exact) mass is 510 g/mol. The van der Waals surface area contributed by atoms with Crippen molar-refractivity contribution in [3.05, 3.63) is 57.9 Å². The normalized spacial score (nSPS) is 15.7. The molecule has 0 radical (unpaired) electrons. The van der Waals surface area contributed by atoms with Crippen LogP contribution >= 0.6 is 11.6 Å².